The average Bonchev–Trinajstić information content (AvgIpc) is 2.33. The van der Waals surface area contributed by atoms with E-state index < -0.39 is 0 Å². The molecule has 0 unspecified atom stereocenters. The van der Waals surface area contributed by atoms with Crippen LogP contribution in [0.15, 0.2) is 12.4 Å². The topological polar surface area (TPSA) is 49.2 Å². The van der Waals surface area contributed by atoms with E-state index in [1.807, 2.05) is 0 Å². The smallest absolute Gasteiger partial charge is 0.171 e. The van der Waals surface area contributed by atoms with Gasteiger partial charge in [-0.2, -0.15) is 0 Å². The third kappa shape index (κ3) is 2.87. The minimum absolute atomic E-state index is 0.193. The number of hydrogen-bond donors (Lipinski definition) is 1. The van der Waals surface area contributed by atoms with Gasteiger partial charge in [-0.15, -0.1) is 0 Å². The monoisotopic (exact) mass is 255 g/mol. The Morgan fingerprint density at radius 3 is 2.94 bits per heavy atom. The van der Waals surface area contributed by atoms with Gasteiger partial charge in [0.2, 0.25) is 0 Å². The summed E-state index contributed by atoms with van der Waals surface area (Å²) in [5.41, 5.74) is 0. The van der Waals surface area contributed by atoms with Crippen LogP contribution in [0.4, 0.5) is 5.82 Å². The van der Waals surface area contributed by atoms with Crippen molar-refractivity contribution in [2.75, 3.05) is 18.0 Å². The lowest BCUT2D eigenvalue weighted by atomic mass is 9.91. The van der Waals surface area contributed by atoms with Crippen LogP contribution < -0.4 is 4.90 Å². The zero-order valence-corrected chi connectivity index (χ0v) is 10.8. The van der Waals surface area contributed by atoms with Crippen molar-refractivity contribution in [1.82, 2.24) is 9.97 Å². The molecule has 1 fully saturated rings. The highest BCUT2D eigenvalue weighted by Gasteiger charge is 2.28. The molecule has 0 spiro atoms. The summed E-state index contributed by atoms with van der Waals surface area (Å²) in [6.45, 7) is 3.74. The highest BCUT2D eigenvalue weighted by Crippen LogP contribution is 2.28. The van der Waals surface area contributed by atoms with Gasteiger partial charge in [-0.25, -0.2) is 9.97 Å². The molecule has 94 valence electrons. The first-order chi connectivity index (χ1) is 8.22. The molecule has 1 saturated heterocycles. The third-order valence-corrected chi connectivity index (χ3v) is 3.56. The summed E-state index contributed by atoms with van der Waals surface area (Å²) in [4.78, 5) is 10.4. The molecule has 2 heterocycles. The van der Waals surface area contributed by atoms with Crippen LogP contribution in [-0.2, 0) is 0 Å². The van der Waals surface area contributed by atoms with Gasteiger partial charge in [0.1, 0.15) is 0 Å². The molecule has 2 rings (SSSR count). The Kier molecular flexibility index (Phi) is 4.18. The van der Waals surface area contributed by atoms with Crippen LogP contribution in [0, 0.1) is 5.92 Å². The fourth-order valence-electron chi connectivity index (χ4n) is 2.39. The van der Waals surface area contributed by atoms with Gasteiger partial charge in [0.05, 0.1) is 6.10 Å². The van der Waals surface area contributed by atoms with Crippen molar-refractivity contribution in [3.63, 3.8) is 0 Å². The standard InChI is InChI=1S/C12H18ClN3O/c1-2-3-9-8-16(7-4-10(9)17)12-11(13)14-5-6-15-12/h5-6,9-10,17H,2-4,7-8H2,1H3/t9-,10-/m0/s1. The van der Waals surface area contributed by atoms with E-state index in [0.29, 0.717) is 11.1 Å². The van der Waals surface area contributed by atoms with Crippen molar-refractivity contribution >= 4 is 17.4 Å². The van der Waals surface area contributed by atoms with Crippen LogP contribution in [0.2, 0.25) is 5.15 Å². The highest BCUT2D eigenvalue weighted by atomic mass is 35.5. The largest absolute Gasteiger partial charge is 0.393 e. The van der Waals surface area contributed by atoms with Gasteiger partial charge in [0, 0.05) is 31.4 Å². The molecule has 1 aliphatic heterocycles. The molecule has 0 radical (unpaired) electrons. The minimum Gasteiger partial charge on any atom is -0.393 e. The Morgan fingerprint density at radius 1 is 1.47 bits per heavy atom. The minimum atomic E-state index is -0.193. The molecule has 0 bridgehead atoms. The molecule has 0 amide bonds. The van der Waals surface area contributed by atoms with E-state index in [4.69, 9.17) is 11.6 Å². The lowest BCUT2D eigenvalue weighted by molar-refractivity contribution is 0.0828. The number of aliphatic hydroxyl groups excluding tert-OH is 1. The second kappa shape index (κ2) is 5.65. The van der Waals surface area contributed by atoms with Crippen molar-refractivity contribution in [3.8, 4) is 0 Å². The molecule has 4 nitrogen and oxygen atoms in total. The first-order valence-electron chi connectivity index (χ1n) is 6.12. The van der Waals surface area contributed by atoms with Crippen LogP contribution >= 0.6 is 11.6 Å². The summed E-state index contributed by atoms with van der Waals surface area (Å²) >= 11 is 6.04. The maximum absolute atomic E-state index is 9.94. The van der Waals surface area contributed by atoms with E-state index in [1.165, 1.54) is 0 Å². The lowest BCUT2D eigenvalue weighted by Gasteiger charge is -2.36. The summed E-state index contributed by atoms with van der Waals surface area (Å²) in [6.07, 6.45) is 5.95. The van der Waals surface area contributed by atoms with E-state index >= 15 is 0 Å². The van der Waals surface area contributed by atoms with Crippen LogP contribution in [0.1, 0.15) is 26.2 Å². The molecule has 1 aromatic heterocycles. The maximum atomic E-state index is 9.94. The normalized spacial score (nSPS) is 25.0. The van der Waals surface area contributed by atoms with Gasteiger partial charge in [0.25, 0.3) is 0 Å². The number of nitrogens with zero attached hydrogens (tertiary/aromatic N) is 3. The molecule has 0 aliphatic carbocycles. The predicted octanol–water partition coefficient (Wildman–Crippen LogP) is 2.12. The zero-order chi connectivity index (χ0) is 12.3. The van der Waals surface area contributed by atoms with Crippen molar-refractivity contribution in [2.45, 2.75) is 32.3 Å². The van der Waals surface area contributed by atoms with Gasteiger partial charge < -0.3 is 10.0 Å². The number of hydrogen-bond acceptors (Lipinski definition) is 4. The van der Waals surface area contributed by atoms with Crippen molar-refractivity contribution in [3.05, 3.63) is 17.5 Å². The van der Waals surface area contributed by atoms with E-state index in [0.717, 1.165) is 38.2 Å². The summed E-state index contributed by atoms with van der Waals surface area (Å²) in [6, 6.07) is 0. The number of halogens is 1. The number of rotatable bonds is 3. The molecule has 1 N–H and O–H groups in total. The molecule has 5 heteroatoms. The second-order valence-electron chi connectivity index (χ2n) is 4.52. The Balaban J connectivity index is 2.10. The Labute approximate surface area is 107 Å². The maximum Gasteiger partial charge on any atom is 0.171 e. The average molecular weight is 256 g/mol. The Bertz CT molecular complexity index is 375. The molecule has 17 heavy (non-hydrogen) atoms. The first-order valence-corrected chi connectivity index (χ1v) is 6.49. The molecule has 0 aromatic carbocycles. The van der Waals surface area contributed by atoms with Gasteiger partial charge >= 0.3 is 0 Å². The zero-order valence-electron chi connectivity index (χ0n) is 10.0. The van der Waals surface area contributed by atoms with Crippen molar-refractivity contribution < 1.29 is 5.11 Å². The van der Waals surface area contributed by atoms with E-state index in [1.54, 1.807) is 12.4 Å². The lowest BCUT2D eigenvalue weighted by Crippen LogP contribution is -2.43. The third-order valence-electron chi connectivity index (χ3n) is 3.29. The Hall–Kier alpha value is -0.870. The number of anilines is 1. The molecule has 1 aromatic rings. The van der Waals surface area contributed by atoms with E-state index in [-0.39, 0.29) is 6.10 Å². The van der Waals surface area contributed by atoms with Crippen LogP contribution in [0.3, 0.4) is 0 Å². The summed E-state index contributed by atoms with van der Waals surface area (Å²) in [5.74, 6) is 1.05. The fourth-order valence-corrected chi connectivity index (χ4v) is 2.62. The molecule has 0 saturated carbocycles. The van der Waals surface area contributed by atoms with Crippen LogP contribution in [0.5, 0.6) is 0 Å². The fraction of sp³-hybridized carbons (Fsp3) is 0.667. The number of aromatic nitrogens is 2. The van der Waals surface area contributed by atoms with Gasteiger partial charge in [0.15, 0.2) is 11.0 Å². The van der Waals surface area contributed by atoms with Crippen LogP contribution in [0.25, 0.3) is 0 Å². The highest BCUT2D eigenvalue weighted by molar-refractivity contribution is 6.31. The van der Waals surface area contributed by atoms with Crippen LogP contribution in [-0.4, -0.2) is 34.3 Å². The second-order valence-corrected chi connectivity index (χ2v) is 4.88. The molecule has 2 atom stereocenters. The quantitative estimate of drug-likeness (QED) is 0.899. The molecular weight excluding hydrogens is 238 g/mol. The summed E-state index contributed by atoms with van der Waals surface area (Å²) in [5, 5.41) is 10.4. The number of aliphatic hydroxyl groups is 1. The molecular formula is C12H18ClN3O. The Morgan fingerprint density at radius 2 is 2.24 bits per heavy atom. The van der Waals surface area contributed by atoms with E-state index in [2.05, 4.69) is 21.8 Å². The van der Waals surface area contributed by atoms with E-state index in [9.17, 15) is 5.11 Å². The first kappa shape index (κ1) is 12.6. The van der Waals surface area contributed by atoms with Gasteiger partial charge in [-0.05, 0) is 12.8 Å². The SMILES string of the molecule is CCC[C@H]1CN(c2nccnc2Cl)CC[C@@H]1O. The van der Waals surface area contributed by atoms with Crippen molar-refractivity contribution in [1.29, 1.82) is 0 Å². The molecule has 1 aliphatic rings. The van der Waals surface area contributed by atoms with Gasteiger partial charge in [-0.3, -0.25) is 0 Å². The van der Waals surface area contributed by atoms with Crippen molar-refractivity contribution in [2.24, 2.45) is 5.92 Å². The predicted molar refractivity (Wildman–Crippen MR) is 68.3 cm³/mol. The number of piperidine rings is 1. The summed E-state index contributed by atoms with van der Waals surface area (Å²) in [7, 11) is 0. The van der Waals surface area contributed by atoms with Gasteiger partial charge in [-0.1, -0.05) is 24.9 Å². The summed E-state index contributed by atoms with van der Waals surface area (Å²) < 4.78 is 0.